The number of alkyl halides is 1. The minimum Gasteiger partial charge on any atom is -0.352 e. The molecule has 0 saturated carbocycles. The molecular formula is C16H23ClN2O2. The lowest BCUT2D eigenvalue weighted by atomic mass is 10.0. The Kier molecular flexibility index (Phi) is 7.83. The number of halogens is 1. The van der Waals surface area contributed by atoms with Crippen molar-refractivity contribution in [1.29, 1.82) is 0 Å². The first-order valence-corrected chi connectivity index (χ1v) is 7.90. The van der Waals surface area contributed by atoms with E-state index in [-0.39, 0.29) is 17.7 Å². The lowest BCUT2D eigenvalue weighted by Gasteiger charge is -2.13. The second-order valence-electron chi connectivity index (χ2n) is 4.88. The Hall–Kier alpha value is -1.55. The zero-order chi connectivity index (χ0) is 15.7. The summed E-state index contributed by atoms with van der Waals surface area (Å²) < 4.78 is 0. The molecule has 0 aliphatic rings. The van der Waals surface area contributed by atoms with Gasteiger partial charge < -0.3 is 10.6 Å². The Labute approximate surface area is 131 Å². The summed E-state index contributed by atoms with van der Waals surface area (Å²) in [5, 5.41) is 5.66. The monoisotopic (exact) mass is 310 g/mol. The molecule has 116 valence electrons. The minimum absolute atomic E-state index is 0.0271. The highest BCUT2D eigenvalue weighted by atomic mass is 35.5. The summed E-state index contributed by atoms with van der Waals surface area (Å²) in [5.74, 6) is 0.460. The van der Waals surface area contributed by atoms with Gasteiger partial charge in [-0.3, -0.25) is 9.59 Å². The molecule has 1 aromatic rings. The average Bonchev–Trinajstić information content (AvgIpc) is 2.49. The maximum absolute atomic E-state index is 12.0. The summed E-state index contributed by atoms with van der Waals surface area (Å²) in [6.45, 7) is 4.57. The van der Waals surface area contributed by atoms with Gasteiger partial charge in [0, 0.05) is 29.6 Å². The van der Waals surface area contributed by atoms with Gasteiger partial charge in [-0.05, 0) is 43.5 Å². The zero-order valence-corrected chi connectivity index (χ0v) is 13.4. The molecule has 4 nitrogen and oxygen atoms in total. The molecule has 0 aliphatic heterocycles. The Balaban J connectivity index is 2.57. The number of carbonyl (C=O) groups excluding carboxylic acids is 2. The van der Waals surface area contributed by atoms with Gasteiger partial charge in [-0.2, -0.15) is 0 Å². The number of anilines is 1. The van der Waals surface area contributed by atoms with Gasteiger partial charge in [-0.1, -0.05) is 13.8 Å². The predicted molar refractivity (Wildman–Crippen MR) is 86.8 cm³/mol. The molecule has 5 heteroatoms. The van der Waals surface area contributed by atoms with E-state index >= 15 is 0 Å². The number of benzene rings is 1. The van der Waals surface area contributed by atoms with Crippen LogP contribution in [0.1, 0.15) is 43.5 Å². The van der Waals surface area contributed by atoms with E-state index in [1.165, 1.54) is 0 Å². The van der Waals surface area contributed by atoms with Gasteiger partial charge in [0.1, 0.15) is 0 Å². The lowest BCUT2D eigenvalue weighted by Crippen LogP contribution is -2.25. The van der Waals surface area contributed by atoms with Crippen LogP contribution in [0.2, 0.25) is 0 Å². The fourth-order valence-corrected chi connectivity index (χ4v) is 2.11. The highest BCUT2D eigenvalue weighted by Crippen LogP contribution is 2.14. The van der Waals surface area contributed by atoms with Crippen LogP contribution < -0.4 is 10.6 Å². The van der Waals surface area contributed by atoms with Crippen LogP contribution in [0, 0.1) is 5.92 Å². The molecule has 0 radical (unpaired) electrons. The molecule has 1 aromatic carbocycles. The van der Waals surface area contributed by atoms with E-state index in [2.05, 4.69) is 10.6 Å². The molecule has 21 heavy (non-hydrogen) atoms. The van der Waals surface area contributed by atoms with Gasteiger partial charge in [-0.15, -0.1) is 11.6 Å². The van der Waals surface area contributed by atoms with Crippen LogP contribution in [0.4, 0.5) is 5.69 Å². The second kappa shape index (κ2) is 9.40. The zero-order valence-electron chi connectivity index (χ0n) is 12.6. The molecule has 0 aromatic heterocycles. The first-order chi connectivity index (χ1) is 10.1. The maximum Gasteiger partial charge on any atom is 0.251 e. The molecule has 0 atom stereocenters. The predicted octanol–water partition coefficient (Wildman–Crippen LogP) is 3.42. The number of hydrogen-bond acceptors (Lipinski definition) is 2. The lowest BCUT2D eigenvalue weighted by molar-refractivity contribution is -0.120. The normalized spacial score (nSPS) is 10.5. The number of carbonyl (C=O) groups is 2. The molecule has 0 saturated heterocycles. The van der Waals surface area contributed by atoms with Gasteiger partial charge in [0.15, 0.2) is 0 Å². The largest absolute Gasteiger partial charge is 0.352 e. The first kappa shape index (κ1) is 17.5. The highest BCUT2D eigenvalue weighted by Gasteiger charge is 2.14. The van der Waals surface area contributed by atoms with Crippen LogP contribution in [-0.2, 0) is 4.79 Å². The van der Waals surface area contributed by atoms with E-state index in [1.54, 1.807) is 24.3 Å². The van der Waals surface area contributed by atoms with E-state index in [4.69, 9.17) is 11.6 Å². The molecule has 0 bridgehead atoms. The van der Waals surface area contributed by atoms with Crippen molar-refractivity contribution < 1.29 is 9.59 Å². The molecule has 0 aliphatic carbocycles. The van der Waals surface area contributed by atoms with E-state index < -0.39 is 0 Å². The number of rotatable bonds is 8. The molecule has 1 rings (SSSR count). The fourth-order valence-electron chi connectivity index (χ4n) is 1.98. The summed E-state index contributed by atoms with van der Waals surface area (Å²) in [5.41, 5.74) is 1.29. The topological polar surface area (TPSA) is 58.2 Å². The third-order valence-corrected chi connectivity index (χ3v) is 3.63. The number of nitrogens with one attached hydrogen (secondary N) is 2. The molecule has 0 unspecified atom stereocenters. The van der Waals surface area contributed by atoms with Gasteiger partial charge in [0.05, 0.1) is 0 Å². The summed E-state index contributed by atoms with van der Waals surface area (Å²) in [6, 6.07) is 6.91. The Morgan fingerprint density at radius 2 is 1.76 bits per heavy atom. The second-order valence-corrected chi connectivity index (χ2v) is 5.26. The van der Waals surface area contributed by atoms with Crippen molar-refractivity contribution in [2.75, 3.05) is 17.7 Å². The third-order valence-electron chi connectivity index (χ3n) is 3.37. The van der Waals surface area contributed by atoms with E-state index in [1.807, 2.05) is 13.8 Å². The van der Waals surface area contributed by atoms with E-state index in [0.717, 1.165) is 19.3 Å². The van der Waals surface area contributed by atoms with Gasteiger partial charge >= 0.3 is 0 Å². The van der Waals surface area contributed by atoms with Crippen molar-refractivity contribution in [3.05, 3.63) is 29.8 Å². The van der Waals surface area contributed by atoms with Crippen LogP contribution >= 0.6 is 11.6 Å². The van der Waals surface area contributed by atoms with E-state index in [9.17, 15) is 9.59 Å². The van der Waals surface area contributed by atoms with Crippen molar-refractivity contribution in [2.45, 2.75) is 33.1 Å². The molecule has 0 fully saturated rings. The SMILES string of the molecule is CCC(CC)C(=O)Nc1ccc(C(=O)NCCCCl)cc1. The molecular weight excluding hydrogens is 288 g/mol. The molecule has 0 spiro atoms. The quantitative estimate of drug-likeness (QED) is 0.571. The van der Waals surface area contributed by atoms with Crippen molar-refractivity contribution >= 4 is 29.1 Å². The Bertz CT molecular complexity index is 456. The third kappa shape index (κ3) is 5.76. The van der Waals surface area contributed by atoms with E-state index in [0.29, 0.717) is 23.7 Å². The highest BCUT2D eigenvalue weighted by molar-refractivity contribution is 6.17. The summed E-state index contributed by atoms with van der Waals surface area (Å²) in [7, 11) is 0. The van der Waals surface area contributed by atoms with Crippen molar-refractivity contribution in [2.24, 2.45) is 5.92 Å². The van der Waals surface area contributed by atoms with Crippen LogP contribution in [0.5, 0.6) is 0 Å². The minimum atomic E-state index is -0.127. The molecule has 0 heterocycles. The first-order valence-electron chi connectivity index (χ1n) is 7.37. The number of amides is 2. The standard InChI is InChI=1S/C16H23ClN2O2/c1-3-12(4-2)16(21)19-14-8-6-13(7-9-14)15(20)18-11-5-10-17/h6-9,12H,3-5,10-11H2,1-2H3,(H,18,20)(H,19,21). The Morgan fingerprint density at radius 1 is 1.14 bits per heavy atom. The molecule has 2 N–H and O–H groups in total. The van der Waals surface area contributed by atoms with Crippen LogP contribution in [-0.4, -0.2) is 24.2 Å². The van der Waals surface area contributed by atoms with Crippen molar-refractivity contribution in [3.63, 3.8) is 0 Å². The van der Waals surface area contributed by atoms with Crippen LogP contribution in [0.25, 0.3) is 0 Å². The fraction of sp³-hybridized carbons (Fsp3) is 0.500. The summed E-state index contributed by atoms with van der Waals surface area (Å²) >= 11 is 5.56. The van der Waals surface area contributed by atoms with Gasteiger partial charge in [0.2, 0.25) is 5.91 Å². The maximum atomic E-state index is 12.0. The van der Waals surface area contributed by atoms with Crippen molar-refractivity contribution in [1.82, 2.24) is 5.32 Å². The van der Waals surface area contributed by atoms with Gasteiger partial charge in [0.25, 0.3) is 5.91 Å². The summed E-state index contributed by atoms with van der Waals surface area (Å²) in [6.07, 6.45) is 2.39. The Morgan fingerprint density at radius 3 is 2.29 bits per heavy atom. The van der Waals surface area contributed by atoms with Crippen LogP contribution in [0.15, 0.2) is 24.3 Å². The summed E-state index contributed by atoms with van der Waals surface area (Å²) in [4.78, 5) is 23.8. The number of hydrogen-bond donors (Lipinski definition) is 2. The molecule has 2 amide bonds. The smallest absolute Gasteiger partial charge is 0.251 e. The average molecular weight is 311 g/mol. The van der Waals surface area contributed by atoms with Crippen molar-refractivity contribution in [3.8, 4) is 0 Å². The van der Waals surface area contributed by atoms with Crippen LogP contribution in [0.3, 0.4) is 0 Å². The van der Waals surface area contributed by atoms with Gasteiger partial charge in [-0.25, -0.2) is 0 Å².